The first-order valence-electron chi connectivity index (χ1n) is 3.44. The Morgan fingerprint density at radius 2 is 2.25 bits per heavy atom. The van der Waals surface area contributed by atoms with Gasteiger partial charge in [0.1, 0.15) is 6.17 Å². The molecule has 68 valence electrons. The topological polar surface area (TPSA) is 18.5 Å². The second-order valence-corrected chi connectivity index (χ2v) is 2.30. The Kier molecular flexibility index (Phi) is 2.95. The molecular weight excluding hydrogens is 173 g/mol. The maximum atomic E-state index is 12.4. The fourth-order valence-corrected chi connectivity index (χ4v) is 0.891. The van der Waals surface area contributed by atoms with Gasteiger partial charge >= 0.3 is 6.11 Å². The highest BCUT2D eigenvalue weighted by molar-refractivity contribution is 4.99. The molecule has 2 nitrogen and oxygen atoms in total. The SMILES string of the molecule is FC#CC(F)(F)OC1CCCO1. The van der Waals surface area contributed by atoms with Crippen molar-refractivity contribution in [3.63, 3.8) is 0 Å². The summed E-state index contributed by atoms with van der Waals surface area (Å²) in [6, 6.07) is 0. The molecule has 0 saturated carbocycles. The van der Waals surface area contributed by atoms with Crippen LogP contribution in [0.25, 0.3) is 0 Å². The average molecular weight is 180 g/mol. The summed E-state index contributed by atoms with van der Waals surface area (Å²) in [5, 5.41) is 0. The van der Waals surface area contributed by atoms with Crippen LogP contribution >= 0.6 is 0 Å². The van der Waals surface area contributed by atoms with E-state index in [9.17, 15) is 13.2 Å². The molecule has 1 aliphatic rings. The summed E-state index contributed by atoms with van der Waals surface area (Å²) in [6.45, 7) is 0.393. The number of alkyl halides is 2. The van der Waals surface area contributed by atoms with Crippen LogP contribution in [0.4, 0.5) is 13.2 Å². The van der Waals surface area contributed by atoms with Gasteiger partial charge in [-0.15, -0.1) is 4.39 Å². The second kappa shape index (κ2) is 3.78. The minimum Gasteiger partial charge on any atom is -0.352 e. The van der Waals surface area contributed by atoms with Crippen molar-refractivity contribution < 1.29 is 22.6 Å². The maximum absolute atomic E-state index is 12.4. The molecule has 0 aromatic rings. The van der Waals surface area contributed by atoms with E-state index >= 15 is 0 Å². The number of halogens is 3. The molecule has 0 radical (unpaired) electrons. The van der Waals surface area contributed by atoms with E-state index in [1.54, 1.807) is 0 Å². The van der Waals surface area contributed by atoms with E-state index in [1.807, 2.05) is 0 Å². The van der Waals surface area contributed by atoms with Crippen LogP contribution in [0.1, 0.15) is 12.8 Å². The van der Waals surface area contributed by atoms with Gasteiger partial charge in [-0.25, -0.2) is 0 Å². The molecule has 0 bridgehead atoms. The molecule has 1 saturated heterocycles. The van der Waals surface area contributed by atoms with Gasteiger partial charge in [0.2, 0.25) is 0 Å². The lowest BCUT2D eigenvalue weighted by molar-refractivity contribution is -0.273. The lowest BCUT2D eigenvalue weighted by Crippen LogP contribution is -2.25. The lowest BCUT2D eigenvalue weighted by Gasteiger charge is -2.14. The Bertz CT molecular complexity index is 200. The molecule has 0 aromatic heterocycles. The summed E-state index contributed by atoms with van der Waals surface area (Å²) in [4.78, 5) is 0. The van der Waals surface area contributed by atoms with Gasteiger partial charge in [-0.05, 0) is 6.42 Å². The van der Waals surface area contributed by atoms with Crippen LogP contribution in [0.5, 0.6) is 0 Å². The van der Waals surface area contributed by atoms with Crippen LogP contribution in [0.15, 0.2) is 0 Å². The number of ether oxygens (including phenoxy) is 2. The summed E-state index contributed by atoms with van der Waals surface area (Å²) >= 11 is 0. The Balaban J connectivity index is 2.40. The number of rotatable bonds is 2. The van der Waals surface area contributed by atoms with E-state index in [0.29, 0.717) is 25.6 Å². The summed E-state index contributed by atoms with van der Waals surface area (Å²) < 4.78 is 44.7. The van der Waals surface area contributed by atoms with Gasteiger partial charge in [0.15, 0.2) is 6.29 Å². The molecule has 0 aliphatic carbocycles. The Morgan fingerprint density at radius 1 is 1.50 bits per heavy atom. The molecule has 1 aliphatic heterocycles. The van der Waals surface area contributed by atoms with Crippen LogP contribution in [-0.2, 0) is 9.47 Å². The minimum atomic E-state index is -3.75. The van der Waals surface area contributed by atoms with E-state index in [2.05, 4.69) is 4.74 Å². The molecule has 1 unspecified atom stereocenters. The van der Waals surface area contributed by atoms with Crippen LogP contribution in [0.2, 0.25) is 0 Å². The predicted molar refractivity (Wildman–Crippen MR) is 33.9 cm³/mol. The predicted octanol–water partition coefficient (Wildman–Crippen LogP) is 1.66. The highest BCUT2D eigenvalue weighted by atomic mass is 19.3. The quantitative estimate of drug-likeness (QED) is 0.601. The maximum Gasteiger partial charge on any atom is 0.427 e. The smallest absolute Gasteiger partial charge is 0.352 e. The fraction of sp³-hybridized carbons (Fsp3) is 0.714. The normalized spacial score (nSPS) is 23.4. The zero-order valence-corrected chi connectivity index (χ0v) is 6.15. The molecule has 1 rings (SSSR count). The van der Waals surface area contributed by atoms with Crippen molar-refractivity contribution in [1.29, 1.82) is 0 Å². The van der Waals surface area contributed by atoms with E-state index in [4.69, 9.17) is 4.74 Å². The van der Waals surface area contributed by atoms with Gasteiger partial charge in [0, 0.05) is 18.9 Å². The molecule has 12 heavy (non-hydrogen) atoms. The number of hydrogen-bond acceptors (Lipinski definition) is 2. The Morgan fingerprint density at radius 3 is 2.75 bits per heavy atom. The zero-order valence-electron chi connectivity index (χ0n) is 6.15. The van der Waals surface area contributed by atoms with Crippen molar-refractivity contribution in [2.45, 2.75) is 25.2 Å². The number of hydrogen-bond donors (Lipinski definition) is 0. The molecule has 0 spiro atoms. The monoisotopic (exact) mass is 180 g/mol. The van der Waals surface area contributed by atoms with Crippen molar-refractivity contribution in [1.82, 2.24) is 0 Å². The average Bonchev–Trinajstić information content (AvgIpc) is 2.38. The third-order valence-corrected chi connectivity index (χ3v) is 1.36. The molecule has 1 heterocycles. The van der Waals surface area contributed by atoms with Crippen LogP contribution < -0.4 is 0 Å². The van der Waals surface area contributed by atoms with E-state index in [-0.39, 0.29) is 0 Å². The largest absolute Gasteiger partial charge is 0.427 e. The van der Waals surface area contributed by atoms with Crippen molar-refractivity contribution >= 4 is 0 Å². The van der Waals surface area contributed by atoms with Crippen LogP contribution in [0.3, 0.4) is 0 Å². The molecular formula is C7H7F3O2. The third-order valence-electron chi connectivity index (χ3n) is 1.36. The van der Waals surface area contributed by atoms with E-state index in [0.717, 1.165) is 5.92 Å². The van der Waals surface area contributed by atoms with Gasteiger partial charge in [-0.1, -0.05) is 0 Å². The first-order valence-corrected chi connectivity index (χ1v) is 3.44. The van der Waals surface area contributed by atoms with Crippen molar-refractivity contribution in [3.05, 3.63) is 0 Å². The van der Waals surface area contributed by atoms with Crippen LogP contribution in [0, 0.1) is 12.1 Å². The standard InChI is InChI=1S/C7H7F3O2/c8-4-3-7(9,10)12-6-2-1-5-11-6/h6H,1-2,5H2. The molecule has 5 heteroatoms. The summed E-state index contributed by atoms with van der Waals surface area (Å²) in [5.74, 6) is 0.997. The summed E-state index contributed by atoms with van der Waals surface area (Å²) in [5.41, 5.74) is 0. The van der Waals surface area contributed by atoms with Crippen molar-refractivity contribution in [2.75, 3.05) is 6.61 Å². The first-order chi connectivity index (χ1) is 5.64. The highest BCUT2D eigenvalue weighted by Crippen LogP contribution is 2.22. The van der Waals surface area contributed by atoms with Crippen LogP contribution in [-0.4, -0.2) is 19.0 Å². The molecule has 1 atom stereocenters. The molecule has 0 N–H and O–H groups in total. The van der Waals surface area contributed by atoms with Gasteiger partial charge in [0.25, 0.3) is 0 Å². The Labute approximate surface area is 67.6 Å². The first kappa shape index (κ1) is 9.36. The van der Waals surface area contributed by atoms with Crippen molar-refractivity contribution in [2.24, 2.45) is 0 Å². The second-order valence-electron chi connectivity index (χ2n) is 2.30. The van der Waals surface area contributed by atoms with E-state index < -0.39 is 12.4 Å². The van der Waals surface area contributed by atoms with Gasteiger partial charge < -0.3 is 4.74 Å². The molecule has 0 amide bonds. The summed E-state index contributed by atoms with van der Waals surface area (Å²) in [7, 11) is 0. The molecule has 1 fully saturated rings. The molecule has 0 aromatic carbocycles. The highest BCUT2D eigenvalue weighted by Gasteiger charge is 2.33. The summed E-state index contributed by atoms with van der Waals surface area (Å²) in [6.07, 6.45) is -3.04. The third kappa shape index (κ3) is 2.72. The zero-order chi connectivity index (χ0) is 9.03. The van der Waals surface area contributed by atoms with Crippen molar-refractivity contribution in [3.8, 4) is 12.1 Å². The fourth-order valence-electron chi connectivity index (χ4n) is 0.891. The lowest BCUT2D eigenvalue weighted by atomic mass is 10.4. The minimum absolute atomic E-state index is 0.392. The van der Waals surface area contributed by atoms with Gasteiger partial charge in [-0.3, -0.25) is 4.74 Å². The van der Waals surface area contributed by atoms with E-state index in [1.165, 1.54) is 0 Å². The Hall–Kier alpha value is -0.730. The van der Waals surface area contributed by atoms with Gasteiger partial charge in [-0.2, -0.15) is 8.78 Å². The van der Waals surface area contributed by atoms with Gasteiger partial charge in [0.05, 0.1) is 0 Å².